The van der Waals surface area contributed by atoms with Crippen molar-refractivity contribution in [3.63, 3.8) is 0 Å². The number of carbonyl (C=O) groups excluding carboxylic acids is 1. The zero-order chi connectivity index (χ0) is 17.8. The molecule has 1 aromatic heterocycles. The van der Waals surface area contributed by atoms with E-state index in [1.54, 1.807) is 17.0 Å². The number of benzene rings is 1. The Labute approximate surface area is 146 Å². The van der Waals surface area contributed by atoms with Gasteiger partial charge in [-0.15, -0.1) is 10.2 Å². The summed E-state index contributed by atoms with van der Waals surface area (Å²) in [4.78, 5) is 14.0. The van der Waals surface area contributed by atoms with Crippen LogP contribution < -0.4 is 5.32 Å². The van der Waals surface area contributed by atoms with Crippen LogP contribution in [0.2, 0.25) is 0 Å². The van der Waals surface area contributed by atoms with Crippen molar-refractivity contribution >= 4 is 6.03 Å². The van der Waals surface area contributed by atoms with Gasteiger partial charge in [0.2, 0.25) is 11.8 Å². The molecule has 0 bridgehead atoms. The van der Waals surface area contributed by atoms with E-state index in [0.29, 0.717) is 24.7 Å². The average molecular weight is 346 g/mol. The molecule has 0 unspecified atom stereocenters. The summed E-state index contributed by atoms with van der Waals surface area (Å²) in [5, 5.41) is 11.2. The number of carbonyl (C=O) groups is 1. The van der Waals surface area contributed by atoms with Crippen molar-refractivity contribution in [3.8, 4) is 0 Å². The molecule has 0 saturated carbocycles. The second-order valence-corrected chi connectivity index (χ2v) is 6.73. The van der Waals surface area contributed by atoms with Gasteiger partial charge in [0.15, 0.2) is 0 Å². The highest BCUT2D eigenvalue weighted by molar-refractivity contribution is 5.74. The first-order valence-electron chi connectivity index (χ1n) is 8.63. The van der Waals surface area contributed by atoms with Gasteiger partial charge in [-0.3, -0.25) is 0 Å². The molecule has 1 saturated heterocycles. The van der Waals surface area contributed by atoms with Crippen LogP contribution in [0.4, 0.5) is 9.18 Å². The lowest BCUT2D eigenvalue weighted by atomic mass is 9.98. The Morgan fingerprint density at radius 3 is 2.84 bits per heavy atom. The van der Waals surface area contributed by atoms with Gasteiger partial charge in [-0.2, -0.15) is 0 Å². The number of urea groups is 1. The van der Waals surface area contributed by atoms with E-state index in [1.165, 1.54) is 12.1 Å². The molecule has 1 N–H and O–H groups in total. The summed E-state index contributed by atoms with van der Waals surface area (Å²) in [6.07, 6.45) is 2.30. The lowest BCUT2D eigenvalue weighted by Gasteiger charge is -2.31. The van der Waals surface area contributed by atoms with Crippen LogP contribution in [0.5, 0.6) is 0 Å². The molecule has 7 heteroatoms. The fourth-order valence-corrected chi connectivity index (χ4v) is 2.98. The first kappa shape index (κ1) is 17.4. The van der Waals surface area contributed by atoms with Gasteiger partial charge in [-0.1, -0.05) is 12.1 Å². The van der Waals surface area contributed by atoms with E-state index in [1.807, 2.05) is 13.8 Å². The van der Waals surface area contributed by atoms with Crippen LogP contribution in [-0.4, -0.2) is 40.3 Å². The highest BCUT2D eigenvalue weighted by Crippen LogP contribution is 2.26. The normalized spacial score (nSPS) is 17.8. The van der Waals surface area contributed by atoms with Crippen LogP contribution in [0.15, 0.2) is 28.7 Å². The number of aromatic nitrogens is 2. The standard InChI is InChI=1S/C18H23FN4O2/c1-12(2)20-18(24)23-9-3-4-14(11-23)17-22-21-16(25-17)10-13-5-7-15(19)8-6-13/h5-8,12,14H,3-4,9-11H2,1-2H3,(H,20,24)/t14-/m0/s1. The van der Waals surface area contributed by atoms with E-state index in [2.05, 4.69) is 15.5 Å². The Morgan fingerprint density at radius 1 is 1.36 bits per heavy atom. The Balaban J connectivity index is 1.63. The molecule has 1 atom stereocenters. The third-order valence-electron chi connectivity index (χ3n) is 4.22. The van der Waals surface area contributed by atoms with Crippen molar-refractivity contribution < 1.29 is 13.6 Å². The number of nitrogens with one attached hydrogen (secondary N) is 1. The number of nitrogens with zero attached hydrogens (tertiary/aromatic N) is 3. The SMILES string of the molecule is CC(C)NC(=O)N1CCC[C@H](c2nnc(Cc3ccc(F)cc3)o2)C1. The third kappa shape index (κ3) is 4.55. The van der Waals surface area contributed by atoms with Gasteiger partial charge in [0.05, 0.1) is 12.3 Å². The second-order valence-electron chi connectivity index (χ2n) is 6.73. The second kappa shape index (κ2) is 7.63. The smallest absolute Gasteiger partial charge is 0.317 e. The maximum absolute atomic E-state index is 13.0. The molecule has 0 radical (unpaired) electrons. The minimum Gasteiger partial charge on any atom is -0.425 e. The van der Waals surface area contributed by atoms with Crippen molar-refractivity contribution in [2.24, 2.45) is 0 Å². The molecule has 1 fully saturated rings. The molecule has 6 nitrogen and oxygen atoms in total. The molecule has 0 aliphatic carbocycles. The van der Waals surface area contributed by atoms with E-state index < -0.39 is 0 Å². The zero-order valence-corrected chi connectivity index (χ0v) is 14.5. The van der Waals surface area contributed by atoms with Crippen LogP contribution in [0.1, 0.15) is 50.0 Å². The number of piperidine rings is 1. The van der Waals surface area contributed by atoms with Gasteiger partial charge in [-0.25, -0.2) is 9.18 Å². The van der Waals surface area contributed by atoms with Crippen molar-refractivity contribution in [1.82, 2.24) is 20.4 Å². The number of rotatable bonds is 4. The Morgan fingerprint density at radius 2 is 2.12 bits per heavy atom. The monoisotopic (exact) mass is 346 g/mol. The van der Waals surface area contributed by atoms with Crippen LogP contribution in [-0.2, 0) is 6.42 Å². The average Bonchev–Trinajstić information content (AvgIpc) is 3.05. The van der Waals surface area contributed by atoms with Crippen molar-refractivity contribution in [1.29, 1.82) is 0 Å². The van der Waals surface area contributed by atoms with Crippen LogP contribution in [0, 0.1) is 5.82 Å². The molecule has 1 aliphatic heterocycles. The molecule has 134 valence electrons. The summed E-state index contributed by atoms with van der Waals surface area (Å²) in [5.41, 5.74) is 0.915. The third-order valence-corrected chi connectivity index (χ3v) is 4.22. The van der Waals surface area contributed by atoms with Gasteiger partial charge in [0.25, 0.3) is 0 Å². The number of halogens is 1. The Hall–Kier alpha value is -2.44. The minimum atomic E-state index is -0.267. The quantitative estimate of drug-likeness (QED) is 0.923. The molecule has 2 amide bonds. The molecule has 0 spiro atoms. The summed E-state index contributed by atoms with van der Waals surface area (Å²) >= 11 is 0. The number of amides is 2. The number of hydrogen-bond acceptors (Lipinski definition) is 4. The fraction of sp³-hybridized carbons (Fsp3) is 0.500. The molecular weight excluding hydrogens is 323 g/mol. The van der Waals surface area contributed by atoms with E-state index >= 15 is 0 Å². The lowest BCUT2D eigenvalue weighted by Crippen LogP contribution is -2.47. The minimum absolute atomic E-state index is 0.0502. The topological polar surface area (TPSA) is 71.3 Å². The maximum Gasteiger partial charge on any atom is 0.317 e. The van der Waals surface area contributed by atoms with Crippen LogP contribution in [0.25, 0.3) is 0 Å². The highest BCUT2D eigenvalue weighted by Gasteiger charge is 2.28. The molecule has 25 heavy (non-hydrogen) atoms. The number of hydrogen-bond donors (Lipinski definition) is 1. The lowest BCUT2D eigenvalue weighted by molar-refractivity contribution is 0.172. The first-order valence-corrected chi connectivity index (χ1v) is 8.63. The van der Waals surface area contributed by atoms with Crippen molar-refractivity contribution in [2.75, 3.05) is 13.1 Å². The molecular formula is C18H23FN4O2. The molecule has 2 heterocycles. The van der Waals surface area contributed by atoms with Gasteiger partial charge in [0, 0.05) is 19.1 Å². The van der Waals surface area contributed by atoms with E-state index in [4.69, 9.17) is 4.42 Å². The van der Waals surface area contributed by atoms with E-state index in [9.17, 15) is 9.18 Å². The predicted octanol–water partition coefficient (Wildman–Crippen LogP) is 3.10. The number of likely N-dealkylation sites (tertiary alicyclic amines) is 1. The van der Waals surface area contributed by atoms with Gasteiger partial charge in [0.1, 0.15) is 5.82 Å². The largest absolute Gasteiger partial charge is 0.425 e. The van der Waals surface area contributed by atoms with E-state index in [-0.39, 0.29) is 23.8 Å². The fourth-order valence-electron chi connectivity index (χ4n) is 2.98. The molecule has 1 aromatic carbocycles. The molecule has 3 rings (SSSR count). The van der Waals surface area contributed by atoms with Crippen LogP contribution in [0.3, 0.4) is 0 Å². The van der Waals surface area contributed by atoms with Gasteiger partial charge >= 0.3 is 6.03 Å². The first-order chi connectivity index (χ1) is 12.0. The maximum atomic E-state index is 13.0. The summed E-state index contributed by atoms with van der Waals surface area (Å²) in [6, 6.07) is 6.30. The predicted molar refractivity (Wildman–Crippen MR) is 90.7 cm³/mol. The Bertz CT molecular complexity index is 714. The summed E-state index contributed by atoms with van der Waals surface area (Å²) in [5.74, 6) is 0.864. The zero-order valence-electron chi connectivity index (χ0n) is 14.5. The molecule has 1 aliphatic rings. The van der Waals surface area contributed by atoms with Crippen molar-refractivity contribution in [2.45, 2.75) is 45.1 Å². The highest BCUT2D eigenvalue weighted by atomic mass is 19.1. The molecule has 2 aromatic rings. The Kier molecular flexibility index (Phi) is 5.31. The summed E-state index contributed by atoms with van der Waals surface area (Å²) in [7, 11) is 0. The summed E-state index contributed by atoms with van der Waals surface area (Å²) < 4.78 is 18.8. The summed E-state index contributed by atoms with van der Waals surface area (Å²) in [6.45, 7) is 5.21. The van der Waals surface area contributed by atoms with E-state index in [0.717, 1.165) is 24.9 Å². The van der Waals surface area contributed by atoms with Crippen LogP contribution >= 0.6 is 0 Å². The van der Waals surface area contributed by atoms with Gasteiger partial charge in [-0.05, 0) is 44.4 Å². The van der Waals surface area contributed by atoms with Crippen molar-refractivity contribution in [3.05, 3.63) is 47.4 Å². The van der Waals surface area contributed by atoms with Gasteiger partial charge < -0.3 is 14.6 Å².